The molecule has 0 unspecified atom stereocenters. The Hall–Kier alpha value is 0.604. The van der Waals surface area contributed by atoms with Gasteiger partial charge in [0.15, 0.2) is 0 Å². The molecule has 0 aliphatic heterocycles. The summed E-state index contributed by atoms with van der Waals surface area (Å²) in [6, 6.07) is 0. The Labute approximate surface area is 123 Å². The summed E-state index contributed by atoms with van der Waals surface area (Å²) in [5, 5.41) is 0.981. The van der Waals surface area contributed by atoms with Crippen molar-refractivity contribution in [3.05, 3.63) is 22.5 Å². The minimum absolute atomic E-state index is 0. The van der Waals surface area contributed by atoms with E-state index in [1.54, 1.807) is 11.3 Å². The van der Waals surface area contributed by atoms with Crippen molar-refractivity contribution in [3.8, 4) is 0 Å². The van der Waals surface area contributed by atoms with Crippen LogP contribution in [0.15, 0.2) is 0 Å². The zero-order valence-corrected chi connectivity index (χ0v) is 13.7. The molecule has 1 heterocycles. The first-order valence-corrected chi connectivity index (χ1v) is 6.38. The summed E-state index contributed by atoms with van der Waals surface area (Å²) < 4.78 is 0. The van der Waals surface area contributed by atoms with E-state index in [0.29, 0.717) is 0 Å². The van der Waals surface area contributed by atoms with Gasteiger partial charge in [0.2, 0.25) is 0 Å². The van der Waals surface area contributed by atoms with Crippen molar-refractivity contribution >= 4 is 11.3 Å². The van der Waals surface area contributed by atoms with Crippen LogP contribution in [0.3, 0.4) is 0 Å². The van der Waals surface area contributed by atoms with Crippen molar-refractivity contribution in [2.24, 2.45) is 0 Å². The van der Waals surface area contributed by atoms with Gasteiger partial charge < -0.3 is 6.92 Å². The van der Waals surface area contributed by atoms with Gasteiger partial charge >= 0.3 is 0 Å². The Morgan fingerprint density at radius 1 is 1.27 bits per heavy atom. The standard InChI is InChI=1S/C10H14NS.C2H6.Y/c1-7-10(12-8(2)11-7)9-5-3-4-6-9;1-2;/h9H,2-6H2,1H3;1-2H3;/q-1;;. The molecule has 0 spiro atoms. The number of rotatable bonds is 1. The van der Waals surface area contributed by atoms with Gasteiger partial charge in [-0.1, -0.05) is 26.7 Å². The van der Waals surface area contributed by atoms with Gasteiger partial charge in [-0.25, -0.2) is 0 Å². The van der Waals surface area contributed by atoms with Crippen molar-refractivity contribution in [2.45, 2.75) is 52.4 Å². The molecule has 0 saturated heterocycles. The number of hydrogen-bond acceptors (Lipinski definition) is 2. The molecule has 1 aromatic heterocycles. The molecule has 2 rings (SSSR count). The van der Waals surface area contributed by atoms with Gasteiger partial charge in [-0.15, -0.1) is 0 Å². The Morgan fingerprint density at radius 3 is 2.20 bits per heavy atom. The summed E-state index contributed by atoms with van der Waals surface area (Å²) >= 11 is 1.79. The molecule has 0 N–H and O–H groups in total. The monoisotopic (exact) mass is 299 g/mol. The number of nitrogens with zero attached hydrogens (tertiary/aromatic N) is 1. The Morgan fingerprint density at radius 2 is 1.80 bits per heavy atom. The quantitative estimate of drug-likeness (QED) is 0.704. The molecule has 3 heteroatoms. The number of aromatic nitrogens is 1. The topological polar surface area (TPSA) is 12.9 Å². The molecule has 1 aromatic rings. The minimum Gasteiger partial charge on any atom is -0.346 e. The zero-order valence-electron chi connectivity index (χ0n) is 10.0. The molecule has 15 heavy (non-hydrogen) atoms. The molecule has 1 aliphatic rings. The van der Waals surface area contributed by atoms with Crippen molar-refractivity contribution in [1.82, 2.24) is 4.98 Å². The van der Waals surface area contributed by atoms with Crippen molar-refractivity contribution in [2.75, 3.05) is 0 Å². The van der Waals surface area contributed by atoms with E-state index in [9.17, 15) is 0 Å². The molecule has 0 atom stereocenters. The maximum atomic E-state index is 4.36. The van der Waals surface area contributed by atoms with Crippen molar-refractivity contribution in [1.29, 1.82) is 0 Å². The maximum Gasteiger partial charge on any atom is 0.0488 e. The van der Waals surface area contributed by atoms with Gasteiger partial charge in [0.25, 0.3) is 0 Å². The van der Waals surface area contributed by atoms with Crippen LogP contribution in [-0.2, 0) is 32.7 Å². The molecule has 0 aromatic carbocycles. The van der Waals surface area contributed by atoms with E-state index in [1.807, 2.05) is 13.8 Å². The van der Waals surface area contributed by atoms with Crippen LogP contribution in [-0.4, -0.2) is 4.98 Å². The van der Waals surface area contributed by atoms with Crippen LogP contribution < -0.4 is 0 Å². The van der Waals surface area contributed by atoms with E-state index in [2.05, 4.69) is 18.8 Å². The molecule has 0 amide bonds. The zero-order chi connectivity index (χ0) is 10.6. The van der Waals surface area contributed by atoms with Gasteiger partial charge in [0.1, 0.15) is 0 Å². The minimum atomic E-state index is 0. The van der Waals surface area contributed by atoms with E-state index < -0.39 is 0 Å². The number of aryl methyl sites for hydroxylation is 1. The SMILES string of the molecule is CC.[CH2-]c1nc(C)c(C2CCCC2)s1.[Y]. The summed E-state index contributed by atoms with van der Waals surface area (Å²) in [4.78, 5) is 5.86. The molecular weight excluding hydrogens is 279 g/mol. The molecule has 83 valence electrons. The molecule has 1 fully saturated rings. The number of thiazole rings is 1. The van der Waals surface area contributed by atoms with Crippen molar-refractivity contribution in [3.63, 3.8) is 0 Å². The second-order valence-electron chi connectivity index (χ2n) is 3.54. The van der Waals surface area contributed by atoms with E-state index in [0.717, 1.165) is 10.9 Å². The summed E-state index contributed by atoms with van der Waals surface area (Å²) in [5.74, 6) is 0.804. The second kappa shape index (κ2) is 7.81. The van der Waals surface area contributed by atoms with Crippen LogP contribution in [0.25, 0.3) is 0 Å². The summed E-state index contributed by atoms with van der Waals surface area (Å²) in [7, 11) is 0. The van der Waals surface area contributed by atoms with Gasteiger partial charge in [-0.3, -0.25) is 4.98 Å². The smallest absolute Gasteiger partial charge is 0.0488 e. The van der Waals surface area contributed by atoms with E-state index in [1.165, 1.54) is 36.3 Å². The van der Waals surface area contributed by atoms with E-state index in [-0.39, 0.29) is 32.7 Å². The molecular formula is C12H20NSY-. The molecule has 0 bridgehead atoms. The molecule has 1 radical (unpaired) electrons. The third-order valence-corrected chi connectivity index (χ3v) is 3.78. The number of hydrogen-bond donors (Lipinski definition) is 0. The third-order valence-electron chi connectivity index (χ3n) is 2.60. The van der Waals surface area contributed by atoms with E-state index >= 15 is 0 Å². The fourth-order valence-electron chi connectivity index (χ4n) is 2.03. The van der Waals surface area contributed by atoms with Crippen LogP contribution in [0.5, 0.6) is 0 Å². The summed E-state index contributed by atoms with van der Waals surface area (Å²) in [6.45, 7) is 9.99. The predicted octanol–water partition coefficient (Wildman–Crippen LogP) is 4.32. The summed E-state index contributed by atoms with van der Waals surface area (Å²) in [5.41, 5.74) is 1.22. The molecule has 1 aliphatic carbocycles. The van der Waals surface area contributed by atoms with Gasteiger partial charge in [-0.2, -0.15) is 11.3 Å². The van der Waals surface area contributed by atoms with Crippen molar-refractivity contribution < 1.29 is 32.7 Å². The van der Waals surface area contributed by atoms with Gasteiger partial charge in [0, 0.05) is 43.3 Å². The fourth-order valence-corrected chi connectivity index (χ4v) is 3.06. The van der Waals surface area contributed by atoms with Crippen LogP contribution in [0.1, 0.15) is 61.0 Å². The Kier molecular flexibility index (Phi) is 8.12. The average Bonchev–Trinajstić information content (AvgIpc) is 2.78. The Bertz CT molecular complexity index is 277. The maximum absolute atomic E-state index is 4.36. The first-order valence-electron chi connectivity index (χ1n) is 5.56. The largest absolute Gasteiger partial charge is 0.346 e. The average molecular weight is 299 g/mol. The van der Waals surface area contributed by atoms with Crippen LogP contribution >= 0.6 is 11.3 Å². The van der Waals surface area contributed by atoms with E-state index in [4.69, 9.17) is 0 Å². The van der Waals surface area contributed by atoms with Gasteiger partial charge in [-0.05, 0) is 30.7 Å². The molecule has 1 saturated carbocycles. The fraction of sp³-hybridized carbons (Fsp3) is 0.667. The predicted molar refractivity (Wildman–Crippen MR) is 63.9 cm³/mol. The van der Waals surface area contributed by atoms with Gasteiger partial charge in [0.05, 0.1) is 0 Å². The summed E-state index contributed by atoms with van der Waals surface area (Å²) in [6.07, 6.45) is 5.52. The van der Waals surface area contributed by atoms with Crippen LogP contribution in [0.4, 0.5) is 0 Å². The first-order chi connectivity index (χ1) is 6.77. The molecule has 1 nitrogen and oxygen atoms in total. The third kappa shape index (κ3) is 4.16. The van der Waals surface area contributed by atoms with Crippen LogP contribution in [0, 0.1) is 13.8 Å². The van der Waals surface area contributed by atoms with Crippen LogP contribution in [0.2, 0.25) is 0 Å². The normalized spacial score (nSPS) is 15.4. The second-order valence-corrected chi connectivity index (χ2v) is 4.65. The first kappa shape index (κ1) is 15.6. The Balaban J connectivity index is 0.000000617.